The number of aromatic nitrogens is 2. The van der Waals surface area contributed by atoms with E-state index in [0.717, 1.165) is 22.4 Å². The SMILES string of the molecule is CC(C)(C)c1ccc2oc3cc4c5cc(-c6ccccn6)ccc5n5c6ccccc6c(c3c2c1)c45. The molecule has 0 saturated carbocycles. The summed E-state index contributed by atoms with van der Waals surface area (Å²) in [5, 5.41) is 7.39. The van der Waals surface area contributed by atoms with Crippen LogP contribution in [0.3, 0.4) is 0 Å². The summed E-state index contributed by atoms with van der Waals surface area (Å²) in [6, 6.07) is 30.4. The predicted molar refractivity (Wildman–Crippen MR) is 150 cm³/mol. The summed E-state index contributed by atoms with van der Waals surface area (Å²) in [6.45, 7) is 6.79. The molecule has 3 heteroatoms. The molecule has 0 aliphatic rings. The Hall–Kier alpha value is -4.37. The molecule has 0 aliphatic heterocycles. The highest BCUT2D eigenvalue weighted by molar-refractivity contribution is 6.34. The van der Waals surface area contributed by atoms with Crippen LogP contribution in [-0.2, 0) is 5.41 Å². The van der Waals surface area contributed by atoms with Crippen LogP contribution >= 0.6 is 0 Å². The molecule has 8 rings (SSSR count). The summed E-state index contributed by atoms with van der Waals surface area (Å²) in [5.41, 5.74) is 9.08. The predicted octanol–water partition coefficient (Wildman–Crippen LogP) is 9.10. The van der Waals surface area contributed by atoms with Gasteiger partial charge in [-0.1, -0.05) is 57.2 Å². The number of nitrogens with zero attached hydrogens (tertiary/aromatic N) is 2. The molecule has 0 bridgehead atoms. The Bertz CT molecular complexity index is 2120. The minimum atomic E-state index is 0.0664. The smallest absolute Gasteiger partial charge is 0.136 e. The van der Waals surface area contributed by atoms with Crippen molar-refractivity contribution in [1.29, 1.82) is 0 Å². The van der Waals surface area contributed by atoms with Gasteiger partial charge in [-0.15, -0.1) is 0 Å². The van der Waals surface area contributed by atoms with Gasteiger partial charge in [-0.3, -0.25) is 4.98 Å². The first-order valence-electron chi connectivity index (χ1n) is 12.5. The molecule has 3 nitrogen and oxygen atoms in total. The maximum absolute atomic E-state index is 6.52. The van der Waals surface area contributed by atoms with Gasteiger partial charge in [0.15, 0.2) is 0 Å². The fourth-order valence-corrected chi connectivity index (χ4v) is 5.99. The third-order valence-electron chi connectivity index (χ3n) is 7.72. The van der Waals surface area contributed by atoms with E-state index in [0.29, 0.717) is 0 Å². The van der Waals surface area contributed by atoms with Crippen molar-refractivity contribution in [3.8, 4) is 11.3 Å². The number of fused-ring (bicyclic) bond motifs is 10. The molecule has 0 fully saturated rings. The quantitative estimate of drug-likeness (QED) is 0.242. The summed E-state index contributed by atoms with van der Waals surface area (Å²) in [7, 11) is 0. The fourth-order valence-electron chi connectivity index (χ4n) is 5.99. The van der Waals surface area contributed by atoms with E-state index in [2.05, 4.69) is 103 Å². The maximum atomic E-state index is 6.52. The van der Waals surface area contributed by atoms with Crippen molar-refractivity contribution in [2.24, 2.45) is 0 Å². The van der Waals surface area contributed by atoms with Gasteiger partial charge in [0.25, 0.3) is 0 Å². The number of hydrogen-bond acceptors (Lipinski definition) is 2. The Morgan fingerprint density at radius 3 is 2.33 bits per heavy atom. The summed E-state index contributed by atoms with van der Waals surface area (Å²) >= 11 is 0. The summed E-state index contributed by atoms with van der Waals surface area (Å²) in [6.07, 6.45) is 1.85. The van der Waals surface area contributed by atoms with Gasteiger partial charge in [0.1, 0.15) is 11.2 Å². The molecule has 172 valence electrons. The highest BCUT2D eigenvalue weighted by Crippen LogP contribution is 2.46. The van der Waals surface area contributed by atoms with Crippen molar-refractivity contribution in [3.05, 3.63) is 96.7 Å². The minimum absolute atomic E-state index is 0.0664. The highest BCUT2D eigenvalue weighted by atomic mass is 16.3. The molecule has 4 aromatic heterocycles. The van der Waals surface area contributed by atoms with Crippen LogP contribution in [0.15, 0.2) is 95.5 Å². The Morgan fingerprint density at radius 2 is 1.50 bits per heavy atom. The van der Waals surface area contributed by atoms with Gasteiger partial charge in [0.2, 0.25) is 0 Å². The van der Waals surface area contributed by atoms with E-state index in [9.17, 15) is 0 Å². The first kappa shape index (κ1) is 19.9. The van der Waals surface area contributed by atoms with E-state index in [1.165, 1.54) is 54.4 Å². The van der Waals surface area contributed by atoms with Gasteiger partial charge in [-0.2, -0.15) is 0 Å². The number of para-hydroxylation sites is 1. The van der Waals surface area contributed by atoms with E-state index < -0.39 is 0 Å². The third-order valence-corrected chi connectivity index (χ3v) is 7.72. The Kier molecular flexibility index (Phi) is 3.67. The summed E-state index contributed by atoms with van der Waals surface area (Å²) < 4.78 is 8.95. The topological polar surface area (TPSA) is 30.4 Å². The molecule has 4 aromatic carbocycles. The van der Waals surface area contributed by atoms with Crippen LogP contribution < -0.4 is 0 Å². The van der Waals surface area contributed by atoms with Crippen molar-refractivity contribution in [2.45, 2.75) is 26.2 Å². The lowest BCUT2D eigenvalue weighted by Gasteiger charge is -2.18. The van der Waals surface area contributed by atoms with E-state index in [1.54, 1.807) is 0 Å². The van der Waals surface area contributed by atoms with E-state index in [4.69, 9.17) is 4.42 Å². The van der Waals surface area contributed by atoms with Crippen LogP contribution in [0.1, 0.15) is 26.3 Å². The number of hydrogen-bond donors (Lipinski definition) is 0. The van der Waals surface area contributed by atoms with Crippen LogP contribution in [0, 0.1) is 0 Å². The van der Waals surface area contributed by atoms with E-state index >= 15 is 0 Å². The van der Waals surface area contributed by atoms with Crippen LogP contribution in [0.2, 0.25) is 0 Å². The monoisotopic (exact) mass is 464 g/mol. The van der Waals surface area contributed by atoms with Crippen molar-refractivity contribution < 1.29 is 4.42 Å². The van der Waals surface area contributed by atoms with Crippen LogP contribution in [0.4, 0.5) is 0 Å². The van der Waals surface area contributed by atoms with Crippen molar-refractivity contribution in [3.63, 3.8) is 0 Å². The normalized spacial score (nSPS) is 12.9. The molecule has 0 amide bonds. The molecule has 0 saturated heterocycles. The van der Waals surface area contributed by atoms with Gasteiger partial charge >= 0.3 is 0 Å². The summed E-state index contributed by atoms with van der Waals surface area (Å²) in [4.78, 5) is 4.59. The zero-order valence-electron chi connectivity index (χ0n) is 20.5. The molecule has 0 unspecified atom stereocenters. The second-order valence-corrected chi connectivity index (χ2v) is 10.9. The standard InChI is InChI=1S/C33H24N2O/c1-33(2,3)20-12-14-28-24(17-20)30-29(36-28)18-23-22-16-19(25-9-6-7-15-34-25)11-13-27(22)35-26-10-5-4-8-21(26)31(30)32(23)35/h4-18H,1-3H3. The molecular weight excluding hydrogens is 440 g/mol. The molecule has 8 aromatic rings. The van der Waals surface area contributed by atoms with Gasteiger partial charge in [0.05, 0.1) is 22.2 Å². The largest absolute Gasteiger partial charge is 0.456 e. The molecule has 0 N–H and O–H groups in total. The third kappa shape index (κ3) is 2.50. The summed E-state index contributed by atoms with van der Waals surface area (Å²) in [5.74, 6) is 0. The Labute approximate surface area is 207 Å². The number of furan rings is 1. The Morgan fingerprint density at radius 1 is 0.667 bits per heavy atom. The molecule has 0 radical (unpaired) electrons. The van der Waals surface area contributed by atoms with Gasteiger partial charge < -0.3 is 8.82 Å². The molecule has 36 heavy (non-hydrogen) atoms. The van der Waals surface area contributed by atoms with Crippen LogP contribution in [-0.4, -0.2) is 9.38 Å². The van der Waals surface area contributed by atoms with Gasteiger partial charge in [-0.05, 0) is 59.5 Å². The fraction of sp³-hybridized carbons (Fsp3) is 0.121. The zero-order valence-corrected chi connectivity index (χ0v) is 20.5. The van der Waals surface area contributed by atoms with Gasteiger partial charge in [-0.25, -0.2) is 0 Å². The molecule has 0 aliphatic carbocycles. The van der Waals surface area contributed by atoms with Crippen molar-refractivity contribution in [2.75, 3.05) is 0 Å². The first-order chi connectivity index (χ1) is 17.5. The molecule has 0 atom stereocenters. The lowest BCUT2D eigenvalue weighted by Crippen LogP contribution is -2.10. The minimum Gasteiger partial charge on any atom is -0.456 e. The highest BCUT2D eigenvalue weighted by Gasteiger charge is 2.24. The van der Waals surface area contributed by atoms with Crippen molar-refractivity contribution in [1.82, 2.24) is 9.38 Å². The van der Waals surface area contributed by atoms with E-state index in [1.807, 2.05) is 18.3 Å². The average Bonchev–Trinajstić information content (AvgIpc) is 3.53. The average molecular weight is 465 g/mol. The van der Waals surface area contributed by atoms with Crippen LogP contribution in [0.25, 0.3) is 71.3 Å². The number of benzene rings is 4. The molecule has 4 heterocycles. The van der Waals surface area contributed by atoms with E-state index in [-0.39, 0.29) is 5.41 Å². The first-order valence-corrected chi connectivity index (χ1v) is 12.5. The number of rotatable bonds is 1. The van der Waals surface area contributed by atoms with Crippen molar-refractivity contribution >= 4 is 60.0 Å². The molecule has 0 spiro atoms. The van der Waals surface area contributed by atoms with Gasteiger partial charge in [0, 0.05) is 44.1 Å². The number of pyridine rings is 1. The zero-order chi connectivity index (χ0) is 24.2. The molecular formula is C33H24N2O. The second-order valence-electron chi connectivity index (χ2n) is 10.9. The maximum Gasteiger partial charge on any atom is 0.136 e. The lowest BCUT2D eigenvalue weighted by atomic mass is 9.86. The Balaban J connectivity index is 1.59. The van der Waals surface area contributed by atoms with Crippen LogP contribution in [0.5, 0.6) is 0 Å². The second kappa shape index (κ2) is 6.64. The lowest BCUT2D eigenvalue weighted by molar-refractivity contribution is 0.590.